The number of allylic oxidation sites excluding steroid dienone is 1. The van der Waals surface area contributed by atoms with Crippen LogP contribution in [0.4, 0.5) is 0 Å². The van der Waals surface area contributed by atoms with Crippen molar-refractivity contribution in [1.29, 1.82) is 0 Å². The lowest BCUT2D eigenvalue weighted by Crippen LogP contribution is -2.07. The van der Waals surface area contributed by atoms with Crippen molar-refractivity contribution >= 4 is 11.9 Å². The zero-order valence-corrected chi connectivity index (χ0v) is 29.5. The predicted molar refractivity (Wildman–Crippen MR) is 188 cm³/mol. The summed E-state index contributed by atoms with van der Waals surface area (Å²) in [6.07, 6.45) is 40.0. The number of carbonyl (C=O) groups is 2. The second-order valence-electron chi connectivity index (χ2n) is 12.7. The first-order valence-electron chi connectivity index (χ1n) is 18.6. The molecular formula is C39H74O4. The van der Waals surface area contributed by atoms with E-state index in [1.165, 1.54) is 174 Å². The Kier molecular flexibility index (Phi) is 37.1. The minimum Gasteiger partial charge on any atom is -0.478 e. The van der Waals surface area contributed by atoms with Crippen LogP contribution in [0.2, 0.25) is 0 Å². The summed E-state index contributed by atoms with van der Waals surface area (Å²) >= 11 is 0. The monoisotopic (exact) mass is 607 g/mol. The number of carboxylic acid groups (broad SMARTS) is 1. The van der Waals surface area contributed by atoms with Crippen LogP contribution in [0, 0.1) is 0 Å². The molecule has 0 atom stereocenters. The minimum absolute atomic E-state index is 0.108. The number of carboxylic acids is 1. The topological polar surface area (TPSA) is 63.6 Å². The highest BCUT2D eigenvalue weighted by atomic mass is 16.5. The quantitative estimate of drug-likeness (QED) is 0.0484. The maximum Gasteiger partial charge on any atom is 0.333 e. The third-order valence-corrected chi connectivity index (χ3v) is 8.18. The van der Waals surface area contributed by atoms with Crippen LogP contribution in [0.15, 0.2) is 23.8 Å². The molecule has 0 fully saturated rings. The first kappa shape index (κ1) is 43.5. The molecule has 0 saturated carbocycles. The summed E-state index contributed by atoms with van der Waals surface area (Å²) in [5.74, 6) is -1.04. The van der Waals surface area contributed by atoms with Gasteiger partial charge in [-0.25, -0.2) is 9.59 Å². The summed E-state index contributed by atoms with van der Waals surface area (Å²) in [6.45, 7) is 11.7. The fraction of sp³-hybridized carbons (Fsp3) is 0.846. The highest BCUT2D eigenvalue weighted by Crippen LogP contribution is 2.15. The number of unbranched alkanes of at least 4 members (excludes halogenated alkanes) is 26. The van der Waals surface area contributed by atoms with Crippen molar-refractivity contribution in [2.24, 2.45) is 0 Å². The van der Waals surface area contributed by atoms with Gasteiger partial charge in [0.05, 0.1) is 6.61 Å². The Morgan fingerprint density at radius 3 is 1.12 bits per heavy atom. The standard InChI is InChI=1S/C35H68O2.C4H6O2/c1-4-6-8-10-12-14-16-17-18-19-20-21-22-24-26-28-30-32-34(3)35(36)37-33-31-29-27-25-23-15-13-11-9-7-5-2;1-3(2)4(5)6/h32H,4-31,33H2,1-3H3;1H2,2H3,(H,5,6). The largest absolute Gasteiger partial charge is 0.478 e. The molecule has 0 aliphatic heterocycles. The van der Waals surface area contributed by atoms with Gasteiger partial charge in [0.1, 0.15) is 0 Å². The Bertz CT molecular complexity index is 640. The Hall–Kier alpha value is -1.58. The van der Waals surface area contributed by atoms with Crippen LogP contribution in [0.3, 0.4) is 0 Å². The van der Waals surface area contributed by atoms with Crippen molar-refractivity contribution in [1.82, 2.24) is 0 Å². The molecule has 0 spiro atoms. The molecule has 4 heteroatoms. The smallest absolute Gasteiger partial charge is 0.333 e. The van der Waals surface area contributed by atoms with Crippen molar-refractivity contribution < 1.29 is 19.4 Å². The van der Waals surface area contributed by atoms with Crippen LogP contribution < -0.4 is 0 Å². The van der Waals surface area contributed by atoms with Crippen LogP contribution in [-0.4, -0.2) is 23.7 Å². The fourth-order valence-corrected chi connectivity index (χ4v) is 5.14. The first-order chi connectivity index (χ1) is 20.9. The van der Waals surface area contributed by atoms with Gasteiger partial charge in [-0.1, -0.05) is 187 Å². The third kappa shape index (κ3) is 38.4. The van der Waals surface area contributed by atoms with E-state index in [0.717, 1.165) is 18.4 Å². The molecule has 0 bridgehead atoms. The SMILES string of the molecule is C=C(C)C(=O)O.CCCCCCCCCCCCCCCCCCC=C(C)C(=O)OCCCCCCCCCCCCC. The van der Waals surface area contributed by atoms with Crippen LogP contribution in [-0.2, 0) is 14.3 Å². The van der Waals surface area contributed by atoms with E-state index in [4.69, 9.17) is 9.84 Å². The van der Waals surface area contributed by atoms with Crippen LogP contribution in [0.25, 0.3) is 0 Å². The summed E-state index contributed by atoms with van der Waals surface area (Å²) in [4.78, 5) is 21.7. The zero-order chi connectivity index (χ0) is 32.2. The number of ether oxygens (including phenoxy) is 1. The second-order valence-corrected chi connectivity index (χ2v) is 12.7. The van der Waals surface area contributed by atoms with Gasteiger partial charge >= 0.3 is 11.9 Å². The Labute approximate surface area is 268 Å². The molecule has 4 nitrogen and oxygen atoms in total. The van der Waals surface area contributed by atoms with Gasteiger partial charge in [0.2, 0.25) is 0 Å². The zero-order valence-electron chi connectivity index (χ0n) is 29.5. The van der Waals surface area contributed by atoms with E-state index < -0.39 is 5.97 Å². The molecule has 0 aromatic carbocycles. The number of carbonyl (C=O) groups excluding carboxylic acids is 1. The van der Waals surface area contributed by atoms with Crippen molar-refractivity contribution in [2.45, 2.75) is 207 Å². The van der Waals surface area contributed by atoms with Gasteiger partial charge in [-0.3, -0.25) is 0 Å². The summed E-state index contributed by atoms with van der Waals surface area (Å²) in [6, 6.07) is 0. The predicted octanol–water partition coefficient (Wildman–Crippen LogP) is 13.1. The number of aliphatic carboxylic acids is 1. The number of rotatable bonds is 31. The molecule has 0 amide bonds. The van der Waals surface area contributed by atoms with E-state index in [2.05, 4.69) is 26.5 Å². The molecule has 0 aliphatic carbocycles. The van der Waals surface area contributed by atoms with Crippen molar-refractivity contribution in [3.05, 3.63) is 23.8 Å². The minimum atomic E-state index is -0.935. The lowest BCUT2D eigenvalue weighted by molar-refractivity contribution is -0.139. The van der Waals surface area contributed by atoms with Crippen molar-refractivity contribution in [3.8, 4) is 0 Å². The van der Waals surface area contributed by atoms with Gasteiger partial charge in [-0.2, -0.15) is 0 Å². The van der Waals surface area contributed by atoms with Crippen molar-refractivity contribution in [2.75, 3.05) is 6.61 Å². The van der Waals surface area contributed by atoms with Gasteiger partial charge in [-0.05, 0) is 33.1 Å². The van der Waals surface area contributed by atoms with E-state index >= 15 is 0 Å². The van der Waals surface area contributed by atoms with E-state index in [1.807, 2.05) is 6.92 Å². The van der Waals surface area contributed by atoms with E-state index in [9.17, 15) is 9.59 Å². The Morgan fingerprint density at radius 1 is 0.535 bits per heavy atom. The number of esters is 1. The average Bonchev–Trinajstić information content (AvgIpc) is 2.99. The first-order valence-corrected chi connectivity index (χ1v) is 18.6. The molecule has 0 unspecified atom stereocenters. The van der Waals surface area contributed by atoms with Crippen LogP contribution >= 0.6 is 0 Å². The molecule has 0 rings (SSSR count). The Morgan fingerprint density at radius 2 is 0.814 bits per heavy atom. The molecule has 43 heavy (non-hydrogen) atoms. The molecule has 0 saturated heterocycles. The van der Waals surface area contributed by atoms with Gasteiger partial charge in [-0.15, -0.1) is 0 Å². The third-order valence-electron chi connectivity index (χ3n) is 8.18. The molecule has 0 aliphatic rings. The molecular weight excluding hydrogens is 532 g/mol. The maximum atomic E-state index is 12.1. The van der Waals surface area contributed by atoms with Crippen LogP contribution in [0.5, 0.6) is 0 Å². The normalized spacial score (nSPS) is 11.2. The summed E-state index contributed by atoms with van der Waals surface area (Å²) in [5.41, 5.74) is 0.971. The molecule has 0 heterocycles. The van der Waals surface area contributed by atoms with Gasteiger partial charge in [0.25, 0.3) is 0 Å². The van der Waals surface area contributed by atoms with Gasteiger partial charge in [0.15, 0.2) is 0 Å². The summed E-state index contributed by atoms with van der Waals surface area (Å²) in [5, 5.41) is 7.89. The van der Waals surface area contributed by atoms with Gasteiger partial charge < -0.3 is 9.84 Å². The lowest BCUT2D eigenvalue weighted by Gasteiger charge is -2.06. The lowest BCUT2D eigenvalue weighted by atomic mass is 10.0. The Balaban J connectivity index is 0. The number of hydrogen-bond donors (Lipinski definition) is 1. The highest BCUT2D eigenvalue weighted by molar-refractivity contribution is 5.87. The van der Waals surface area contributed by atoms with Crippen LogP contribution in [0.1, 0.15) is 207 Å². The highest BCUT2D eigenvalue weighted by Gasteiger charge is 2.05. The van der Waals surface area contributed by atoms with Crippen molar-refractivity contribution in [3.63, 3.8) is 0 Å². The van der Waals surface area contributed by atoms with Gasteiger partial charge in [0, 0.05) is 11.1 Å². The fourth-order valence-electron chi connectivity index (χ4n) is 5.14. The van der Waals surface area contributed by atoms with E-state index in [0.29, 0.717) is 6.61 Å². The number of hydrogen-bond acceptors (Lipinski definition) is 3. The van der Waals surface area contributed by atoms with E-state index in [-0.39, 0.29) is 11.5 Å². The average molecular weight is 607 g/mol. The molecule has 254 valence electrons. The second kappa shape index (κ2) is 36.6. The maximum absolute atomic E-state index is 12.1. The van der Waals surface area contributed by atoms with E-state index in [1.54, 1.807) is 0 Å². The molecule has 0 aromatic heterocycles. The molecule has 0 radical (unpaired) electrons. The molecule has 0 aromatic rings. The molecule has 1 N–H and O–H groups in total. The summed E-state index contributed by atoms with van der Waals surface area (Å²) < 4.78 is 5.46. The summed E-state index contributed by atoms with van der Waals surface area (Å²) in [7, 11) is 0.